The van der Waals surface area contributed by atoms with E-state index in [1.165, 1.54) is 12.3 Å². The average Bonchev–Trinajstić information content (AvgIpc) is 2.78. The van der Waals surface area contributed by atoms with Gasteiger partial charge in [0.25, 0.3) is 0 Å². The molecule has 170 valence electrons. The Balaban J connectivity index is 1.32. The molecule has 8 heteroatoms. The smallest absolute Gasteiger partial charge is 0.204 e. The molecule has 32 heavy (non-hydrogen) atoms. The molecule has 3 N–H and O–H groups in total. The summed E-state index contributed by atoms with van der Waals surface area (Å²) < 4.78 is 11.3. The van der Waals surface area contributed by atoms with Crippen LogP contribution in [0.25, 0.3) is 22.1 Å². The fourth-order valence-electron chi connectivity index (χ4n) is 4.00. The highest BCUT2D eigenvalue weighted by molar-refractivity contribution is 5.88. The van der Waals surface area contributed by atoms with E-state index in [4.69, 9.17) is 14.3 Å². The quantitative estimate of drug-likeness (QED) is 0.458. The van der Waals surface area contributed by atoms with E-state index in [-0.39, 0.29) is 34.5 Å². The normalized spacial score (nSPS) is 15.3. The van der Waals surface area contributed by atoms with Crippen molar-refractivity contribution in [3.63, 3.8) is 0 Å². The topological polar surface area (TPSA) is 107 Å². The van der Waals surface area contributed by atoms with Crippen LogP contribution in [0.4, 0.5) is 0 Å². The molecular formula is C24H28N2O6. The number of phenolic OH excluding ortho intramolecular Hbond substituents is 2. The molecule has 4 rings (SSSR count). The zero-order valence-electron chi connectivity index (χ0n) is 17.9. The lowest BCUT2D eigenvalue weighted by Gasteiger charge is -2.34. The molecule has 1 aliphatic rings. The molecule has 2 aromatic carbocycles. The number of hydrogen-bond donors (Lipinski definition) is 3. The third kappa shape index (κ3) is 5.04. The number of rotatable bonds is 8. The number of aromatic hydroxyl groups is 2. The summed E-state index contributed by atoms with van der Waals surface area (Å²) in [5, 5.41) is 28.7. The monoisotopic (exact) mass is 440 g/mol. The van der Waals surface area contributed by atoms with Crippen LogP contribution in [-0.4, -0.2) is 77.6 Å². The third-order valence-electron chi connectivity index (χ3n) is 5.78. The molecule has 0 aliphatic carbocycles. The highest BCUT2D eigenvalue weighted by Gasteiger charge is 2.16. The second-order valence-corrected chi connectivity index (χ2v) is 7.95. The number of phenols is 2. The van der Waals surface area contributed by atoms with E-state index in [0.29, 0.717) is 17.7 Å². The van der Waals surface area contributed by atoms with Gasteiger partial charge >= 0.3 is 0 Å². The highest BCUT2D eigenvalue weighted by Crippen LogP contribution is 2.30. The minimum Gasteiger partial charge on any atom is -0.508 e. The number of ether oxygens (including phenoxy) is 1. The van der Waals surface area contributed by atoms with E-state index in [9.17, 15) is 15.0 Å². The van der Waals surface area contributed by atoms with E-state index in [0.717, 1.165) is 57.5 Å². The Morgan fingerprint density at radius 2 is 1.66 bits per heavy atom. The molecule has 1 saturated heterocycles. The van der Waals surface area contributed by atoms with Crippen LogP contribution in [-0.2, 0) is 0 Å². The minimum absolute atomic E-state index is 0.0396. The summed E-state index contributed by atoms with van der Waals surface area (Å²) in [5.41, 5.74) is 0.745. The predicted molar refractivity (Wildman–Crippen MR) is 121 cm³/mol. The molecule has 1 fully saturated rings. The van der Waals surface area contributed by atoms with Crippen LogP contribution in [0, 0.1) is 0 Å². The molecule has 1 aromatic heterocycles. The lowest BCUT2D eigenvalue weighted by molar-refractivity contribution is 0.108. The molecule has 0 spiro atoms. The predicted octanol–water partition coefficient (Wildman–Crippen LogP) is 2.25. The van der Waals surface area contributed by atoms with Gasteiger partial charge in [-0.2, -0.15) is 0 Å². The zero-order chi connectivity index (χ0) is 22.5. The molecule has 1 aliphatic heterocycles. The molecule has 0 atom stereocenters. The number of piperazine rings is 1. The van der Waals surface area contributed by atoms with Crippen LogP contribution in [0.15, 0.2) is 51.9 Å². The summed E-state index contributed by atoms with van der Waals surface area (Å²) >= 11 is 0. The number of β-amino-alcohol motifs (C(OH)–C–C–N with tert-alkyl or cyclic N) is 1. The number of aliphatic hydroxyl groups excluding tert-OH is 1. The molecule has 0 unspecified atom stereocenters. The summed E-state index contributed by atoms with van der Waals surface area (Å²) in [6.45, 7) is 6.55. The highest BCUT2D eigenvalue weighted by atomic mass is 16.5. The van der Waals surface area contributed by atoms with Crippen molar-refractivity contribution in [1.82, 2.24) is 9.80 Å². The van der Waals surface area contributed by atoms with E-state index < -0.39 is 0 Å². The van der Waals surface area contributed by atoms with E-state index >= 15 is 0 Å². The van der Waals surface area contributed by atoms with Crippen molar-refractivity contribution in [2.24, 2.45) is 0 Å². The van der Waals surface area contributed by atoms with Gasteiger partial charge in [-0.05, 0) is 24.1 Å². The van der Waals surface area contributed by atoms with Gasteiger partial charge < -0.3 is 29.4 Å². The van der Waals surface area contributed by atoms with Gasteiger partial charge in [0.05, 0.1) is 18.8 Å². The van der Waals surface area contributed by atoms with Gasteiger partial charge in [-0.1, -0.05) is 12.1 Å². The maximum atomic E-state index is 12.8. The minimum atomic E-state index is -0.364. The zero-order valence-corrected chi connectivity index (χ0v) is 17.9. The van der Waals surface area contributed by atoms with Gasteiger partial charge in [0.2, 0.25) is 5.43 Å². The second-order valence-electron chi connectivity index (χ2n) is 7.95. The molecule has 3 aromatic rings. The van der Waals surface area contributed by atoms with E-state index in [1.807, 2.05) is 12.1 Å². The van der Waals surface area contributed by atoms with Crippen molar-refractivity contribution >= 4 is 11.0 Å². The number of fused-ring (bicyclic) bond motifs is 1. The average molecular weight is 440 g/mol. The van der Waals surface area contributed by atoms with Crippen molar-refractivity contribution in [2.45, 2.75) is 6.42 Å². The van der Waals surface area contributed by atoms with Crippen LogP contribution in [0.5, 0.6) is 17.2 Å². The Kier molecular flexibility index (Phi) is 6.94. The summed E-state index contributed by atoms with van der Waals surface area (Å²) in [7, 11) is 0. The molecule has 8 nitrogen and oxygen atoms in total. The number of hydrogen-bond acceptors (Lipinski definition) is 8. The molecular weight excluding hydrogens is 412 g/mol. The summed E-state index contributed by atoms with van der Waals surface area (Å²) in [5.74, 6) is 0.237. The van der Waals surface area contributed by atoms with Crippen molar-refractivity contribution in [2.75, 3.05) is 52.5 Å². The number of benzene rings is 2. The van der Waals surface area contributed by atoms with Crippen LogP contribution in [0.2, 0.25) is 0 Å². The van der Waals surface area contributed by atoms with Gasteiger partial charge in [-0.3, -0.25) is 9.69 Å². The Labute approximate surface area is 185 Å². The lowest BCUT2D eigenvalue weighted by atomic mass is 10.0. The Morgan fingerprint density at radius 1 is 0.969 bits per heavy atom. The fourth-order valence-corrected chi connectivity index (χ4v) is 4.00. The Hall–Kier alpha value is -3.07. The van der Waals surface area contributed by atoms with Crippen LogP contribution in [0.3, 0.4) is 0 Å². The summed E-state index contributed by atoms with van der Waals surface area (Å²) in [6, 6.07) is 9.60. The molecule has 2 heterocycles. The molecule has 0 saturated carbocycles. The largest absolute Gasteiger partial charge is 0.508 e. The lowest BCUT2D eigenvalue weighted by Crippen LogP contribution is -2.47. The van der Waals surface area contributed by atoms with Gasteiger partial charge in [-0.25, -0.2) is 0 Å². The Bertz CT molecular complexity index is 1100. The first-order chi connectivity index (χ1) is 15.5. The van der Waals surface area contributed by atoms with Crippen LogP contribution in [0.1, 0.15) is 6.42 Å². The van der Waals surface area contributed by atoms with Crippen LogP contribution >= 0.6 is 0 Å². The van der Waals surface area contributed by atoms with E-state index in [1.54, 1.807) is 12.1 Å². The maximum absolute atomic E-state index is 12.8. The third-order valence-corrected chi connectivity index (χ3v) is 5.78. The molecule has 0 amide bonds. The molecule has 0 bridgehead atoms. The summed E-state index contributed by atoms with van der Waals surface area (Å²) in [6.07, 6.45) is 2.25. The van der Waals surface area contributed by atoms with Crippen molar-refractivity contribution in [1.29, 1.82) is 0 Å². The summed E-state index contributed by atoms with van der Waals surface area (Å²) in [4.78, 5) is 17.5. The standard InChI is InChI=1S/C24H28N2O6/c27-12-11-26-9-7-25(8-10-26)6-1-13-31-19-4-2-17(3-5-19)20-16-32-22-15-18(28)14-21(29)23(22)24(20)30/h2-5,14-16,27-29H,1,6-13H2. The first kappa shape index (κ1) is 22.1. The number of aliphatic hydroxyl groups is 1. The fraction of sp³-hybridized carbons (Fsp3) is 0.375. The van der Waals surface area contributed by atoms with Gasteiger partial charge in [0.1, 0.15) is 34.5 Å². The SMILES string of the molecule is O=c1c(-c2ccc(OCCCN3CCN(CCO)CC3)cc2)coc2cc(O)cc(O)c12. The van der Waals surface area contributed by atoms with Gasteiger partial charge in [0, 0.05) is 51.4 Å². The molecule has 0 radical (unpaired) electrons. The van der Waals surface area contributed by atoms with Crippen LogP contribution < -0.4 is 10.2 Å². The van der Waals surface area contributed by atoms with Gasteiger partial charge in [0.15, 0.2) is 0 Å². The maximum Gasteiger partial charge on any atom is 0.204 e. The van der Waals surface area contributed by atoms with Crippen molar-refractivity contribution < 1.29 is 24.5 Å². The van der Waals surface area contributed by atoms with Crippen molar-refractivity contribution in [3.05, 3.63) is 52.9 Å². The number of nitrogens with zero attached hydrogens (tertiary/aromatic N) is 2. The van der Waals surface area contributed by atoms with Crippen molar-refractivity contribution in [3.8, 4) is 28.4 Å². The van der Waals surface area contributed by atoms with Gasteiger partial charge in [-0.15, -0.1) is 0 Å². The Morgan fingerprint density at radius 3 is 2.34 bits per heavy atom. The second kappa shape index (κ2) is 10.0. The van der Waals surface area contributed by atoms with E-state index in [2.05, 4.69) is 9.80 Å². The first-order valence-corrected chi connectivity index (χ1v) is 10.8. The first-order valence-electron chi connectivity index (χ1n) is 10.8.